The molecule has 7 heteroatoms. The van der Waals surface area contributed by atoms with Gasteiger partial charge in [-0.25, -0.2) is 8.42 Å². The minimum absolute atomic E-state index is 0.112. The molecule has 0 aromatic heterocycles. The topological polar surface area (TPSA) is 80.5 Å². The summed E-state index contributed by atoms with van der Waals surface area (Å²) in [7, 11) is -3.48. The summed E-state index contributed by atoms with van der Waals surface area (Å²) in [5, 5.41) is 0. The van der Waals surface area contributed by atoms with Crippen LogP contribution in [0.25, 0.3) is 0 Å². The van der Waals surface area contributed by atoms with Gasteiger partial charge in [-0.2, -0.15) is 0 Å². The normalized spacial score (nSPS) is 12.2. The van der Waals surface area contributed by atoms with Crippen LogP contribution in [0.1, 0.15) is 27.2 Å². The molecular weight excluding hydrogens is 260 g/mol. The maximum Gasteiger partial charge on any atom is 0.243 e. The quantitative estimate of drug-likeness (QED) is 0.709. The SMILES string of the molecule is CCCN(CC(N)=S)C(=O)C(C)(C)S(C)(=O)=O. The predicted molar refractivity (Wildman–Crippen MR) is 72.6 cm³/mol. The van der Waals surface area contributed by atoms with Crippen molar-refractivity contribution in [3.63, 3.8) is 0 Å². The summed E-state index contributed by atoms with van der Waals surface area (Å²) in [4.78, 5) is 13.7. The van der Waals surface area contributed by atoms with E-state index in [2.05, 4.69) is 0 Å². The second-order valence-corrected chi connectivity index (χ2v) is 7.56. The van der Waals surface area contributed by atoms with Crippen LogP contribution in [0.5, 0.6) is 0 Å². The van der Waals surface area contributed by atoms with Gasteiger partial charge in [-0.1, -0.05) is 19.1 Å². The van der Waals surface area contributed by atoms with Crippen molar-refractivity contribution in [2.24, 2.45) is 5.73 Å². The van der Waals surface area contributed by atoms with Crippen LogP contribution in [0.2, 0.25) is 0 Å². The number of hydrogen-bond acceptors (Lipinski definition) is 4. The van der Waals surface area contributed by atoms with Crippen LogP contribution in [0.3, 0.4) is 0 Å². The van der Waals surface area contributed by atoms with E-state index in [1.165, 1.54) is 18.7 Å². The Balaban J connectivity index is 5.15. The van der Waals surface area contributed by atoms with Gasteiger partial charge >= 0.3 is 0 Å². The first-order chi connectivity index (χ1) is 7.54. The number of sulfone groups is 1. The summed E-state index contributed by atoms with van der Waals surface area (Å²) in [6, 6.07) is 0. The van der Waals surface area contributed by atoms with E-state index in [0.29, 0.717) is 13.0 Å². The molecule has 0 atom stereocenters. The van der Waals surface area contributed by atoms with E-state index >= 15 is 0 Å². The van der Waals surface area contributed by atoms with E-state index in [4.69, 9.17) is 18.0 Å². The van der Waals surface area contributed by atoms with Gasteiger partial charge in [0.05, 0.1) is 11.5 Å². The van der Waals surface area contributed by atoms with Crippen LogP contribution in [-0.4, -0.2) is 48.3 Å². The van der Waals surface area contributed by atoms with E-state index < -0.39 is 20.5 Å². The van der Waals surface area contributed by atoms with Gasteiger partial charge < -0.3 is 10.6 Å². The molecule has 0 saturated carbocycles. The van der Waals surface area contributed by atoms with Crippen molar-refractivity contribution in [1.29, 1.82) is 0 Å². The van der Waals surface area contributed by atoms with Gasteiger partial charge in [-0.15, -0.1) is 0 Å². The van der Waals surface area contributed by atoms with Gasteiger partial charge in [-0.3, -0.25) is 4.79 Å². The molecule has 100 valence electrons. The number of hydrogen-bond donors (Lipinski definition) is 1. The van der Waals surface area contributed by atoms with Crippen LogP contribution >= 0.6 is 12.2 Å². The van der Waals surface area contributed by atoms with Crippen LogP contribution < -0.4 is 5.73 Å². The van der Waals surface area contributed by atoms with Crippen molar-refractivity contribution in [3.8, 4) is 0 Å². The zero-order valence-corrected chi connectivity index (χ0v) is 12.3. The molecule has 0 aliphatic carbocycles. The Labute approximate surface area is 108 Å². The van der Waals surface area contributed by atoms with Crippen LogP contribution in [0, 0.1) is 0 Å². The van der Waals surface area contributed by atoms with Crippen LogP contribution in [0.4, 0.5) is 0 Å². The largest absolute Gasteiger partial charge is 0.392 e. The highest BCUT2D eigenvalue weighted by Crippen LogP contribution is 2.18. The molecule has 0 bridgehead atoms. The Morgan fingerprint density at radius 3 is 2.18 bits per heavy atom. The van der Waals surface area contributed by atoms with Gasteiger partial charge in [0.1, 0.15) is 4.75 Å². The lowest BCUT2D eigenvalue weighted by Crippen LogP contribution is -2.51. The third-order valence-corrected chi connectivity index (χ3v) is 4.73. The summed E-state index contributed by atoms with van der Waals surface area (Å²) in [5.74, 6) is -0.463. The molecule has 0 aliphatic heterocycles. The zero-order chi connectivity index (χ0) is 13.9. The van der Waals surface area contributed by atoms with E-state index in [-0.39, 0.29) is 11.5 Å². The summed E-state index contributed by atoms with van der Waals surface area (Å²) in [6.07, 6.45) is 1.77. The van der Waals surface area contributed by atoms with Crippen LogP contribution in [0.15, 0.2) is 0 Å². The number of carbonyl (C=O) groups is 1. The highest BCUT2D eigenvalue weighted by atomic mass is 32.2. The van der Waals surface area contributed by atoms with Crippen molar-refractivity contribution in [2.75, 3.05) is 19.3 Å². The smallest absolute Gasteiger partial charge is 0.243 e. The van der Waals surface area contributed by atoms with Gasteiger partial charge in [0.15, 0.2) is 9.84 Å². The fourth-order valence-corrected chi connectivity index (χ4v) is 1.85. The fourth-order valence-electron chi connectivity index (χ4n) is 1.25. The maximum absolute atomic E-state index is 12.2. The van der Waals surface area contributed by atoms with E-state index in [1.807, 2.05) is 6.92 Å². The minimum atomic E-state index is -3.48. The van der Waals surface area contributed by atoms with E-state index in [1.54, 1.807) is 0 Å². The van der Waals surface area contributed by atoms with Gasteiger partial charge in [0, 0.05) is 12.8 Å². The number of thiocarbonyl (C=S) groups is 1. The Morgan fingerprint density at radius 2 is 1.88 bits per heavy atom. The average Bonchev–Trinajstić information content (AvgIpc) is 2.13. The standard InChI is InChI=1S/C10H20N2O3S2/c1-5-6-12(7-8(11)16)9(13)10(2,3)17(4,14)15/h5-7H2,1-4H3,(H2,11,16). The second-order valence-electron chi connectivity index (χ2n) is 4.48. The molecule has 0 fully saturated rings. The number of amides is 1. The summed E-state index contributed by atoms with van der Waals surface area (Å²) in [5.41, 5.74) is 5.40. The Hall–Kier alpha value is -0.690. The molecule has 0 radical (unpaired) electrons. The molecule has 5 nitrogen and oxygen atoms in total. The first-order valence-corrected chi connectivity index (χ1v) is 7.61. The van der Waals surface area contributed by atoms with Crippen LogP contribution in [-0.2, 0) is 14.6 Å². The summed E-state index contributed by atoms with van der Waals surface area (Å²) < 4.78 is 21.7. The number of nitrogens with zero attached hydrogens (tertiary/aromatic N) is 1. The monoisotopic (exact) mass is 280 g/mol. The molecular formula is C10H20N2O3S2. The number of rotatable bonds is 6. The van der Waals surface area contributed by atoms with Crippen molar-refractivity contribution < 1.29 is 13.2 Å². The van der Waals surface area contributed by atoms with Gasteiger partial charge in [-0.05, 0) is 20.3 Å². The number of nitrogens with two attached hydrogens (primary N) is 1. The third kappa shape index (κ3) is 4.23. The lowest BCUT2D eigenvalue weighted by atomic mass is 10.1. The Kier molecular flexibility index (Phi) is 5.54. The second kappa shape index (κ2) is 5.77. The summed E-state index contributed by atoms with van der Waals surface area (Å²) in [6.45, 7) is 5.24. The molecule has 17 heavy (non-hydrogen) atoms. The van der Waals surface area contributed by atoms with Gasteiger partial charge in [0.2, 0.25) is 5.91 Å². The zero-order valence-electron chi connectivity index (χ0n) is 10.7. The lowest BCUT2D eigenvalue weighted by Gasteiger charge is -2.30. The Morgan fingerprint density at radius 1 is 1.41 bits per heavy atom. The first kappa shape index (κ1) is 16.3. The minimum Gasteiger partial charge on any atom is -0.392 e. The molecule has 0 aromatic carbocycles. The fraction of sp³-hybridized carbons (Fsp3) is 0.800. The first-order valence-electron chi connectivity index (χ1n) is 5.31. The van der Waals surface area contributed by atoms with Crippen molar-refractivity contribution in [1.82, 2.24) is 4.90 Å². The van der Waals surface area contributed by atoms with E-state index in [9.17, 15) is 13.2 Å². The average molecular weight is 280 g/mol. The highest BCUT2D eigenvalue weighted by Gasteiger charge is 2.41. The maximum atomic E-state index is 12.2. The van der Waals surface area contributed by atoms with Gasteiger partial charge in [0.25, 0.3) is 0 Å². The summed E-state index contributed by atoms with van der Waals surface area (Å²) >= 11 is 4.76. The highest BCUT2D eigenvalue weighted by molar-refractivity contribution is 7.92. The molecule has 2 N–H and O–H groups in total. The molecule has 0 unspecified atom stereocenters. The molecule has 0 spiro atoms. The molecule has 0 saturated heterocycles. The molecule has 0 heterocycles. The molecule has 1 amide bonds. The Bertz CT molecular complexity index is 402. The van der Waals surface area contributed by atoms with Crippen molar-refractivity contribution >= 4 is 33.0 Å². The van der Waals surface area contributed by atoms with Crippen molar-refractivity contribution in [2.45, 2.75) is 31.9 Å². The van der Waals surface area contributed by atoms with E-state index in [0.717, 1.165) is 6.26 Å². The molecule has 0 rings (SSSR count). The molecule has 0 aromatic rings. The third-order valence-electron chi connectivity index (χ3n) is 2.57. The number of carbonyl (C=O) groups excluding carboxylic acids is 1. The van der Waals surface area contributed by atoms with Crippen molar-refractivity contribution in [3.05, 3.63) is 0 Å². The predicted octanol–water partition coefficient (Wildman–Crippen LogP) is 0.334. The molecule has 0 aliphatic rings. The lowest BCUT2D eigenvalue weighted by molar-refractivity contribution is -0.132.